The molecule has 0 saturated heterocycles. The molecule has 0 N–H and O–H groups in total. The number of hydrogen-bond acceptors (Lipinski definition) is 4. The fraction of sp³-hybridized carbons (Fsp3) is 0.0196. The van der Waals surface area contributed by atoms with Crippen LogP contribution < -0.4 is 0 Å². The first-order valence-electron chi connectivity index (χ1n) is 18.6. The van der Waals surface area contributed by atoms with Crippen LogP contribution in [0.3, 0.4) is 0 Å². The van der Waals surface area contributed by atoms with Crippen LogP contribution in [0.1, 0.15) is 22.3 Å². The Hall–Kier alpha value is -7.30. The minimum atomic E-state index is -0.569. The molecule has 0 atom stereocenters. The van der Waals surface area contributed by atoms with Crippen LogP contribution in [-0.2, 0) is 5.41 Å². The maximum absolute atomic E-state index is 5.28. The Kier molecular flexibility index (Phi) is 7.04. The van der Waals surface area contributed by atoms with Crippen molar-refractivity contribution in [2.45, 2.75) is 5.41 Å². The van der Waals surface area contributed by atoms with Gasteiger partial charge in [0.25, 0.3) is 0 Å². The van der Waals surface area contributed by atoms with Gasteiger partial charge in [0.2, 0.25) is 0 Å². The monoisotopic (exact) mass is 700 g/mol. The maximum atomic E-state index is 5.28. The zero-order valence-electron chi connectivity index (χ0n) is 29.8. The Morgan fingerprint density at radius 1 is 0.291 bits per heavy atom. The summed E-state index contributed by atoms with van der Waals surface area (Å²) in [5.41, 5.74) is 19.0. The van der Waals surface area contributed by atoms with Crippen molar-refractivity contribution in [3.8, 4) is 78.4 Å². The van der Waals surface area contributed by atoms with E-state index in [1.54, 1.807) is 12.4 Å². The molecule has 9 aromatic rings. The van der Waals surface area contributed by atoms with Crippen LogP contribution in [-0.4, -0.2) is 19.9 Å². The van der Waals surface area contributed by atoms with Crippen molar-refractivity contribution < 1.29 is 0 Å². The van der Waals surface area contributed by atoms with Crippen molar-refractivity contribution in [2.75, 3.05) is 0 Å². The number of fused-ring (bicyclic) bond motifs is 12. The Bertz CT molecular complexity index is 2870. The minimum Gasteiger partial charge on any atom is -0.265 e. The van der Waals surface area contributed by atoms with Gasteiger partial charge in [0.1, 0.15) is 0 Å². The highest BCUT2D eigenvalue weighted by atomic mass is 14.9. The molecule has 55 heavy (non-hydrogen) atoms. The first kappa shape index (κ1) is 31.2. The van der Waals surface area contributed by atoms with Gasteiger partial charge >= 0.3 is 0 Å². The number of pyridine rings is 2. The number of benzene rings is 6. The summed E-state index contributed by atoms with van der Waals surface area (Å²) in [6, 6.07) is 61.5. The quantitative estimate of drug-likeness (QED) is 0.183. The summed E-state index contributed by atoms with van der Waals surface area (Å²) in [7, 11) is 0. The van der Waals surface area contributed by atoms with Gasteiger partial charge < -0.3 is 0 Å². The van der Waals surface area contributed by atoms with Gasteiger partial charge in [-0.25, -0.2) is 9.97 Å². The van der Waals surface area contributed by atoms with E-state index in [9.17, 15) is 0 Å². The molecule has 3 heterocycles. The van der Waals surface area contributed by atoms with E-state index in [-0.39, 0.29) is 0 Å². The van der Waals surface area contributed by atoms with Crippen molar-refractivity contribution in [3.63, 3.8) is 0 Å². The summed E-state index contributed by atoms with van der Waals surface area (Å²) in [4.78, 5) is 18.9. The highest BCUT2D eigenvalue weighted by Crippen LogP contribution is 2.61. The molecule has 0 fully saturated rings. The van der Waals surface area contributed by atoms with E-state index in [1.807, 2.05) is 36.7 Å². The van der Waals surface area contributed by atoms with Gasteiger partial charge in [-0.1, -0.05) is 133 Å². The summed E-state index contributed by atoms with van der Waals surface area (Å²) >= 11 is 0. The van der Waals surface area contributed by atoms with Crippen LogP contribution in [0.5, 0.6) is 0 Å². The molecule has 0 bridgehead atoms. The molecule has 0 amide bonds. The summed E-state index contributed by atoms with van der Waals surface area (Å²) in [6.45, 7) is 0. The SMILES string of the molecule is c1ccc2c(c1)-c1ccccc1C1(c3cc(-c4cc(-c5ccc(-c6ccncc6)cc5)nc(-c5ccncc5)n4)ccc3-2)c2ccccc2-c2ccccc21. The van der Waals surface area contributed by atoms with E-state index >= 15 is 0 Å². The first-order chi connectivity index (χ1) is 27.3. The largest absolute Gasteiger partial charge is 0.265 e. The topological polar surface area (TPSA) is 51.6 Å². The lowest BCUT2D eigenvalue weighted by atomic mass is 9.65. The summed E-state index contributed by atoms with van der Waals surface area (Å²) in [5, 5.41) is 0. The Morgan fingerprint density at radius 3 is 1.25 bits per heavy atom. The van der Waals surface area contributed by atoms with Crippen LogP contribution in [0.4, 0.5) is 0 Å². The third kappa shape index (κ3) is 4.78. The van der Waals surface area contributed by atoms with E-state index in [2.05, 4.69) is 156 Å². The van der Waals surface area contributed by atoms with Crippen molar-refractivity contribution in [1.82, 2.24) is 19.9 Å². The van der Waals surface area contributed by atoms with Gasteiger partial charge in [0, 0.05) is 41.5 Å². The lowest BCUT2D eigenvalue weighted by Crippen LogP contribution is -2.29. The molecule has 6 aromatic carbocycles. The van der Waals surface area contributed by atoms with E-state index in [1.165, 1.54) is 55.6 Å². The molecule has 4 heteroatoms. The van der Waals surface area contributed by atoms with Gasteiger partial charge in [-0.3, -0.25) is 9.97 Å². The molecule has 2 aliphatic carbocycles. The molecule has 0 saturated carbocycles. The summed E-state index contributed by atoms with van der Waals surface area (Å²) < 4.78 is 0. The predicted octanol–water partition coefficient (Wildman–Crippen LogP) is 11.9. The Labute approximate surface area is 319 Å². The second-order valence-electron chi connectivity index (χ2n) is 14.2. The second kappa shape index (κ2) is 12.4. The molecular formula is C51H32N4. The van der Waals surface area contributed by atoms with Crippen LogP contribution in [0, 0.1) is 0 Å². The summed E-state index contributed by atoms with van der Waals surface area (Å²) in [5.74, 6) is 0.657. The number of aromatic nitrogens is 4. The van der Waals surface area contributed by atoms with E-state index in [0.29, 0.717) is 5.82 Å². The van der Waals surface area contributed by atoms with E-state index in [4.69, 9.17) is 9.97 Å². The fourth-order valence-corrected chi connectivity index (χ4v) is 8.96. The van der Waals surface area contributed by atoms with Crippen molar-refractivity contribution in [1.29, 1.82) is 0 Å². The molecule has 11 rings (SSSR count). The molecule has 0 aliphatic heterocycles. The Morgan fingerprint density at radius 2 is 0.691 bits per heavy atom. The molecule has 256 valence electrons. The van der Waals surface area contributed by atoms with Crippen LogP contribution in [0.15, 0.2) is 195 Å². The molecule has 2 aliphatic rings. The Balaban J connectivity index is 1.18. The highest BCUT2D eigenvalue weighted by Gasteiger charge is 2.49. The highest BCUT2D eigenvalue weighted by molar-refractivity contribution is 5.98. The standard InChI is InChI=1S/C51H32N4/c1-2-10-39-38(9-1)40-11-3-6-14-44(40)51(45-15-7-4-12-41(45)42-13-5-8-16-46(42)51)47-31-37(21-22-43(39)47)49-32-48(54-50(55-49)36-25-29-53-30-26-36)35-19-17-33(18-20-35)34-23-27-52-28-24-34/h1-32H. The lowest BCUT2D eigenvalue weighted by Gasteiger charge is -2.35. The van der Waals surface area contributed by atoms with E-state index in [0.717, 1.165) is 39.2 Å². The minimum absolute atomic E-state index is 0.569. The van der Waals surface area contributed by atoms with Gasteiger partial charge in [-0.15, -0.1) is 0 Å². The maximum Gasteiger partial charge on any atom is 0.160 e. The second-order valence-corrected chi connectivity index (χ2v) is 14.2. The zero-order chi connectivity index (χ0) is 36.3. The molecular weight excluding hydrogens is 669 g/mol. The average Bonchev–Trinajstić information content (AvgIpc) is 3.52. The fourth-order valence-electron chi connectivity index (χ4n) is 8.96. The number of hydrogen-bond donors (Lipinski definition) is 0. The van der Waals surface area contributed by atoms with Crippen LogP contribution in [0.2, 0.25) is 0 Å². The molecule has 3 aromatic heterocycles. The smallest absolute Gasteiger partial charge is 0.160 e. The van der Waals surface area contributed by atoms with Crippen molar-refractivity contribution in [3.05, 3.63) is 217 Å². The van der Waals surface area contributed by atoms with Gasteiger partial charge in [-0.05, 0) is 103 Å². The van der Waals surface area contributed by atoms with Gasteiger partial charge in [0.15, 0.2) is 5.82 Å². The summed E-state index contributed by atoms with van der Waals surface area (Å²) in [6.07, 6.45) is 7.24. The lowest BCUT2D eigenvalue weighted by molar-refractivity contribution is 0.775. The van der Waals surface area contributed by atoms with Crippen LogP contribution >= 0.6 is 0 Å². The predicted molar refractivity (Wildman–Crippen MR) is 221 cm³/mol. The number of rotatable bonds is 4. The average molecular weight is 701 g/mol. The molecule has 0 radical (unpaired) electrons. The molecule has 0 unspecified atom stereocenters. The third-order valence-electron chi connectivity index (χ3n) is 11.4. The van der Waals surface area contributed by atoms with Crippen molar-refractivity contribution in [2.24, 2.45) is 0 Å². The van der Waals surface area contributed by atoms with Crippen molar-refractivity contribution >= 4 is 0 Å². The zero-order valence-corrected chi connectivity index (χ0v) is 29.8. The van der Waals surface area contributed by atoms with Gasteiger partial charge in [0.05, 0.1) is 16.8 Å². The third-order valence-corrected chi connectivity index (χ3v) is 11.4. The van der Waals surface area contributed by atoms with Crippen LogP contribution in [0.25, 0.3) is 78.4 Å². The molecule has 4 nitrogen and oxygen atoms in total. The van der Waals surface area contributed by atoms with Gasteiger partial charge in [-0.2, -0.15) is 0 Å². The normalized spacial score (nSPS) is 12.9. The van der Waals surface area contributed by atoms with E-state index < -0.39 is 5.41 Å². The molecule has 1 spiro atoms. The first-order valence-corrected chi connectivity index (χ1v) is 18.6. The number of nitrogens with zero attached hydrogens (tertiary/aromatic N) is 4.